The third-order valence-electron chi connectivity index (χ3n) is 4.96. The number of amides is 1. The van der Waals surface area contributed by atoms with E-state index in [1.807, 2.05) is 11.0 Å². The first-order valence-corrected chi connectivity index (χ1v) is 8.95. The number of aromatic nitrogens is 2. The van der Waals surface area contributed by atoms with E-state index in [1.54, 1.807) is 17.9 Å². The van der Waals surface area contributed by atoms with Crippen LogP contribution in [-0.4, -0.2) is 51.2 Å². The minimum atomic E-state index is -0.00827. The molecule has 1 aliphatic rings. The molecule has 1 aromatic carbocycles. The molecule has 1 aromatic heterocycles. The molecule has 6 nitrogen and oxygen atoms in total. The number of piperazine rings is 1. The zero-order chi connectivity index (χ0) is 17.8. The van der Waals surface area contributed by atoms with Crippen LogP contribution in [0, 0.1) is 0 Å². The number of benzene rings is 1. The van der Waals surface area contributed by atoms with Crippen LogP contribution in [0.2, 0.25) is 0 Å². The smallest absolute Gasteiger partial charge is 0.259 e. The van der Waals surface area contributed by atoms with E-state index in [-0.39, 0.29) is 5.91 Å². The zero-order valence-electron chi connectivity index (χ0n) is 15.1. The van der Waals surface area contributed by atoms with Crippen molar-refractivity contribution in [2.45, 2.75) is 32.4 Å². The molecule has 1 fully saturated rings. The Morgan fingerprint density at radius 1 is 1.28 bits per heavy atom. The van der Waals surface area contributed by atoms with Crippen LogP contribution < -0.4 is 5.73 Å². The lowest BCUT2D eigenvalue weighted by molar-refractivity contribution is 0.0439. The second-order valence-electron chi connectivity index (χ2n) is 6.72. The summed E-state index contributed by atoms with van der Waals surface area (Å²) in [5.41, 5.74) is 7.80. The van der Waals surface area contributed by atoms with Crippen LogP contribution in [0.3, 0.4) is 0 Å². The molecule has 0 aliphatic carbocycles. The van der Waals surface area contributed by atoms with Gasteiger partial charge in [0.15, 0.2) is 0 Å². The standard InChI is InChI=1S/C19H27N5O/c1-3-7-16-14-24(19(25)17-12-21-22(2)18(17)20)11-10-23(16)13-15-8-5-4-6-9-15/h4-6,8-9,12,16H,3,7,10-11,13-14,20H2,1-2H3/t16-/m1/s1. The Balaban J connectivity index is 1.70. The Kier molecular flexibility index (Phi) is 5.38. The Labute approximate surface area is 149 Å². The maximum Gasteiger partial charge on any atom is 0.259 e. The molecule has 1 amide bonds. The van der Waals surface area contributed by atoms with E-state index in [2.05, 4.69) is 41.2 Å². The minimum Gasteiger partial charge on any atom is -0.383 e. The fourth-order valence-corrected chi connectivity index (χ4v) is 3.49. The molecule has 6 heteroatoms. The highest BCUT2D eigenvalue weighted by Crippen LogP contribution is 2.21. The number of rotatable bonds is 5. The average Bonchev–Trinajstić information content (AvgIpc) is 2.96. The van der Waals surface area contributed by atoms with Gasteiger partial charge in [0.25, 0.3) is 5.91 Å². The summed E-state index contributed by atoms with van der Waals surface area (Å²) >= 11 is 0. The van der Waals surface area contributed by atoms with Gasteiger partial charge in [-0.05, 0) is 12.0 Å². The lowest BCUT2D eigenvalue weighted by atomic mass is 10.0. The molecule has 2 heterocycles. The lowest BCUT2D eigenvalue weighted by Gasteiger charge is -2.41. The molecule has 25 heavy (non-hydrogen) atoms. The molecule has 0 radical (unpaired) electrons. The van der Waals surface area contributed by atoms with Crippen molar-refractivity contribution in [1.29, 1.82) is 0 Å². The molecule has 2 N–H and O–H groups in total. The van der Waals surface area contributed by atoms with Gasteiger partial charge in [0.05, 0.1) is 6.20 Å². The topological polar surface area (TPSA) is 67.4 Å². The fraction of sp³-hybridized carbons (Fsp3) is 0.474. The van der Waals surface area contributed by atoms with Crippen molar-refractivity contribution in [3.8, 4) is 0 Å². The predicted molar refractivity (Wildman–Crippen MR) is 99.1 cm³/mol. The first kappa shape index (κ1) is 17.5. The van der Waals surface area contributed by atoms with Crippen LogP contribution in [0.4, 0.5) is 5.82 Å². The highest BCUT2D eigenvalue weighted by atomic mass is 16.2. The Bertz CT molecular complexity index is 712. The van der Waals surface area contributed by atoms with Gasteiger partial charge in [-0.2, -0.15) is 5.10 Å². The van der Waals surface area contributed by atoms with Crippen molar-refractivity contribution in [2.75, 3.05) is 25.4 Å². The van der Waals surface area contributed by atoms with Crippen molar-refractivity contribution in [3.05, 3.63) is 47.7 Å². The van der Waals surface area contributed by atoms with Crippen LogP contribution in [0.1, 0.15) is 35.7 Å². The number of nitrogen functional groups attached to an aromatic ring is 1. The van der Waals surface area contributed by atoms with Crippen LogP contribution >= 0.6 is 0 Å². The van der Waals surface area contributed by atoms with Gasteiger partial charge in [-0.25, -0.2) is 0 Å². The molecule has 1 atom stereocenters. The number of aryl methyl sites for hydroxylation is 1. The van der Waals surface area contributed by atoms with Crippen molar-refractivity contribution < 1.29 is 4.79 Å². The van der Waals surface area contributed by atoms with Crippen molar-refractivity contribution in [1.82, 2.24) is 19.6 Å². The van der Waals surface area contributed by atoms with Crippen molar-refractivity contribution in [2.24, 2.45) is 7.05 Å². The highest BCUT2D eigenvalue weighted by molar-refractivity contribution is 5.98. The van der Waals surface area contributed by atoms with Crippen molar-refractivity contribution in [3.63, 3.8) is 0 Å². The molecule has 0 bridgehead atoms. The molecule has 0 unspecified atom stereocenters. The van der Waals surface area contributed by atoms with Gasteiger partial charge in [0.1, 0.15) is 11.4 Å². The van der Waals surface area contributed by atoms with Gasteiger partial charge in [-0.3, -0.25) is 14.4 Å². The van der Waals surface area contributed by atoms with E-state index >= 15 is 0 Å². The molecular formula is C19H27N5O. The van der Waals surface area contributed by atoms with Crippen LogP contribution in [0.25, 0.3) is 0 Å². The minimum absolute atomic E-state index is 0.00827. The number of nitrogens with zero attached hydrogens (tertiary/aromatic N) is 4. The fourth-order valence-electron chi connectivity index (χ4n) is 3.49. The highest BCUT2D eigenvalue weighted by Gasteiger charge is 2.30. The Hall–Kier alpha value is -2.34. The van der Waals surface area contributed by atoms with Gasteiger partial charge in [-0.1, -0.05) is 43.7 Å². The van der Waals surface area contributed by atoms with Gasteiger partial charge >= 0.3 is 0 Å². The lowest BCUT2D eigenvalue weighted by Crippen LogP contribution is -2.54. The molecule has 0 saturated carbocycles. The second kappa shape index (κ2) is 7.70. The van der Waals surface area contributed by atoms with Gasteiger partial charge in [0.2, 0.25) is 0 Å². The largest absolute Gasteiger partial charge is 0.383 e. The van der Waals surface area contributed by atoms with E-state index in [0.29, 0.717) is 17.4 Å². The summed E-state index contributed by atoms with van der Waals surface area (Å²) in [5.74, 6) is 0.426. The molecule has 2 aromatic rings. The van der Waals surface area contributed by atoms with E-state index in [4.69, 9.17) is 5.73 Å². The SMILES string of the molecule is CCC[C@@H]1CN(C(=O)c2cnn(C)c2N)CCN1Cc1ccccc1. The summed E-state index contributed by atoms with van der Waals surface area (Å²) in [6, 6.07) is 10.9. The number of nitrogens with two attached hydrogens (primary N) is 1. The summed E-state index contributed by atoms with van der Waals surface area (Å²) in [5, 5.41) is 4.09. The average molecular weight is 341 g/mol. The second-order valence-corrected chi connectivity index (χ2v) is 6.72. The van der Waals surface area contributed by atoms with Crippen LogP contribution in [0.5, 0.6) is 0 Å². The quantitative estimate of drug-likeness (QED) is 0.905. The third kappa shape index (κ3) is 3.85. The van der Waals surface area contributed by atoms with Gasteiger partial charge in [-0.15, -0.1) is 0 Å². The Morgan fingerprint density at radius 3 is 2.68 bits per heavy atom. The van der Waals surface area contributed by atoms with Gasteiger partial charge in [0, 0.05) is 39.3 Å². The first-order valence-electron chi connectivity index (χ1n) is 8.95. The van der Waals surface area contributed by atoms with Crippen LogP contribution in [0.15, 0.2) is 36.5 Å². The summed E-state index contributed by atoms with van der Waals surface area (Å²) in [6.45, 7) is 5.47. The van der Waals surface area contributed by atoms with E-state index in [9.17, 15) is 4.79 Å². The zero-order valence-corrected chi connectivity index (χ0v) is 15.1. The van der Waals surface area contributed by atoms with Crippen molar-refractivity contribution >= 4 is 11.7 Å². The number of hydrogen-bond acceptors (Lipinski definition) is 4. The summed E-state index contributed by atoms with van der Waals surface area (Å²) in [4.78, 5) is 17.2. The number of carbonyl (C=O) groups is 1. The Morgan fingerprint density at radius 2 is 2.04 bits per heavy atom. The maximum atomic E-state index is 12.8. The summed E-state index contributed by atoms with van der Waals surface area (Å²) in [7, 11) is 1.75. The summed E-state index contributed by atoms with van der Waals surface area (Å²) < 4.78 is 1.54. The first-order chi connectivity index (χ1) is 12.1. The third-order valence-corrected chi connectivity index (χ3v) is 4.96. The molecular weight excluding hydrogens is 314 g/mol. The molecule has 3 rings (SSSR count). The van der Waals surface area contributed by atoms with E-state index in [0.717, 1.165) is 39.0 Å². The molecule has 1 saturated heterocycles. The molecule has 134 valence electrons. The maximum absolute atomic E-state index is 12.8. The number of hydrogen-bond donors (Lipinski definition) is 1. The van der Waals surface area contributed by atoms with Gasteiger partial charge < -0.3 is 10.6 Å². The van der Waals surface area contributed by atoms with E-state index < -0.39 is 0 Å². The normalized spacial score (nSPS) is 18.5. The summed E-state index contributed by atoms with van der Waals surface area (Å²) in [6.07, 6.45) is 3.76. The van der Waals surface area contributed by atoms with E-state index in [1.165, 1.54) is 5.56 Å². The van der Waals surface area contributed by atoms with Crippen LogP contribution in [-0.2, 0) is 13.6 Å². The predicted octanol–water partition coefficient (Wildman–Crippen LogP) is 2.13. The monoisotopic (exact) mass is 341 g/mol. The number of carbonyl (C=O) groups excluding carboxylic acids is 1. The molecule has 1 aliphatic heterocycles. The number of anilines is 1. The molecule has 0 spiro atoms.